The third kappa shape index (κ3) is 2.93. The first-order valence-corrected chi connectivity index (χ1v) is 7.02. The van der Waals surface area contributed by atoms with E-state index in [2.05, 4.69) is 15.9 Å². The maximum absolute atomic E-state index is 12.3. The number of methoxy groups -OCH3 is 1. The number of hydrogen-bond acceptors (Lipinski definition) is 3. The smallest absolute Gasteiger partial charge is 0.142 e. The second kappa shape index (κ2) is 5.85. The van der Waals surface area contributed by atoms with Crippen LogP contribution in [0.15, 0.2) is 22.7 Å². The van der Waals surface area contributed by atoms with Crippen molar-refractivity contribution in [2.75, 3.05) is 7.11 Å². The van der Waals surface area contributed by atoms with Gasteiger partial charge in [-0.05, 0) is 31.0 Å². The van der Waals surface area contributed by atoms with Crippen molar-refractivity contribution in [2.45, 2.75) is 31.7 Å². The number of rotatable bonds is 4. The Morgan fingerprint density at radius 3 is 2.89 bits per heavy atom. The maximum Gasteiger partial charge on any atom is 0.142 e. The van der Waals surface area contributed by atoms with Crippen molar-refractivity contribution in [3.63, 3.8) is 0 Å². The SMILES string of the molecule is COc1ccc(Br)cc1CC(=O)C1CCCC1N. The zero-order valence-electron chi connectivity index (χ0n) is 10.5. The average Bonchev–Trinajstić information content (AvgIpc) is 2.76. The van der Waals surface area contributed by atoms with Gasteiger partial charge >= 0.3 is 0 Å². The second-order valence-electron chi connectivity index (χ2n) is 4.80. The topological polar surface area (TPSA) is 52.3 Å². The number of nitrogens with two attached hydrogens (primary N) is 1. The number of ketones is 1. The molecule has 98 valence electrons. The van der Waals surface area contributed by atoms with Crippen LogP contribution in [-0.2, 0) is 11.2 Å². The van der Waals surface area contributed by atoms with E-state index in [4.69, 9.17) is 10.5 Å². The van der Waals surface area contributed by atoms with Crippen molar-refractivity contribution in [1.29, 1.82) is 0 Å². The van der Waals surface area contributed by atoms with Crippen LogP contribution in [0.2, 0.25) is 0 Å². The summed E-state index contributed by atoms with van der Waals surface area (Å²) in [4.78, 5) is 12.3. The first-order chi connectivity index (χ1) is 8.61. The Morgan fingerprint density at radius 1 is 1.50 bits per heavy atom. The summed E-state index contributed by atoms with van der Waals surface area (Å²) in [6.07, 6.45) is 3.36. The van der Waals surface area contributed by atoms with E-state index in [0.29, 0.717) is 6.42 Å². The molecule has 4 heteroatoms. The first kappa shape index (κ1) is 13.6. The fraction of sp³-hybridized carbons (Fsp3) is 0.500. The largest absolute Gasteiger partial charge is 0.496 e. The van der Waals surface area contributed by atoms with Crippen molar-refractivity contribution in [3.05, 3.63) is 28.2 Å². The van der Waals surface area contributed by atoms with Gasteiger partial charge in [0, 0.05) is 28.4 Å². The van der Waals surface area contributed by atoms with E-state index < -0.39 is 0 Å². The summed E-state index contributed by atoms with van der Waals surface area (Å²) in [5.41, 5.74) is 6.90. The minimum absolute atomic E-state index is 0.0219. The number of benzene rings is 1. The number of hydrogen-bond donors (Lipinski definition) is 1. The molecule has 3 nitrogen and oxygen atoms in total. The summed E-state index contributed by atoms with van der Waals surface area (Å²) in [5, 5.41) is 0. The summed E-state index contributed by atoms with van der Waals surface area (Å²) in [5.74, 6) is 1.02. The number of carbonyl (C=O) groups is 1. The number of Topliss-reactive ketones (excluding diaryl/α,β-unsaturated/α-hetero) is 1. The highest BCUT2D eigenvalue weighted by molar-refractivity contribution is 9.10. The maximum atomic E-state index is 12.3. The van der Waals surface area contributed by atoms with Crippen LogP contribution < -0.4 is 10.5 Å². The van der Waals surface area contributed by atoms with Crippen LogP contribution in [0.5, 0.6) is 5.75 Å². The fourth-order valence-corrected chi connectivity index (χ4v) is 3.00. The van der Waals surface area contributed by atoms with Crippen molar-refractivity contribution in [2.24, 2.45) is 11.7 Å². The lowest BCUT2D eigenvalue weighted by molar-refractivity contribution is -0.122. The number of halogens is 1. The molecular formula is C14H18BrNO2. The molecule has 1 aliphatic rings. The van der Waals surface area contributed by atoms with Gasteiger partial charge in [-0.3, -0.25) is 4.79 Å². The van der Waals surface area contributed by atoms with Crippen LogP contribution in [0, 0.1) is 5.92 Å². The molecule has 1 aliphatic carbocycles. The van der Waals surface area contributed by atoms with Crippen molar-refractivity contribution in [1.82, 2.24) is 0 Å². The van der Waals surface area contributed by atoms with E-state index in [1.165, 1.54) is 0 Å². The number of ether oxygens (including phenoxy) is 1. The monoisotopic (exact) mass is 311 g/mol. The standard InChI is InChI=1S/C14H18BrNO2/c1-18-14-6-5-10(15)7-9(14)8-13(17)11-3-2-4-12(11)16/h5-7,11-12H,2-4,8,16H2,1H3. The van der Waals surface area contributed by atoms with Crippen LogP contribution in [0.25, 0.3) is 0 Å². The Morgan fingerprint density at radius 2 is 2.28 bits per heavy atom. The van der Waals surface area contributed by atoms with E-state index in [1.807, 2.05) is 18.2 Å². The normalized spacial score (nSPS) is 23.1. The van der Waals surface area contributed by atoms with Gasteiger partial charge in [0.15, 0.2) is 0 Å². The molecule has 2 N–H and O–H groups in total. The van der Waals surface area contributed by atoms with Crippen molar-refractivity contribution in [3.8, 4) is 5.75 Å². The molecule has 18 heavy (non-hydrogen) atoms. The Hall–Kier alpha value is -0.870. The van der Waals surface area contributed by atoms with Gasteiger partial charge in [-0.2, -0.15) is 0 Å². The van der Waals surface area contributed by atoms with Gasteiger partial charge in [0.25, 0.3) is 0 Å². The lowest BCUT2D eigenvalue weighted by atomic mass is 9.93. The van der Waals surface area contributed by atoms with Crippen LogP contribution in [0.4, 0.5) is 0 Å². The van der Waals surface area contributed by atoms with Gasteiger partial charge in [0.05, 0.1) is 7.11 Å². The quantitative estimate of drug-likeness (QED) is 0.930. The van der Waals surface area contributed by atoms with Crippen LogP contribution in [-0.4, -0.2) is 18.9 Å². The molecule has 1 saturated carbocycles. The highest BCUT2D eigenvalue weighted by Crippen LogP contribution is 2.29. The van der Waals surface area contributed by atoms with Crippen molar-refractivity contribution >= 4 is 21.7 Å². The fourth-order valence-electron chi connectivity index (χ4n) is 2.59. The van der Waals surface area contributed by atoms with E-state index in [0.717, 1.165) is 35.0 Å². The third-order valence-corrected chi connectivity index (χ3v) is 4.08. The molecule has 0 radical (unpaired) electrons. The summed E-state index contributed by atoms with van der Waals surface area (Å²) in [7, 11) is 1.62. The predicted octanol–water partition coefficient (Wildman–Crippen LogP) is 2.70. The lowest BCUT2D eigenvalue weighted by Gasteiger charge is -2.15. The molecule has 0 heterocycles. The van der Waals surface area contributed by atoms with Crippen LogP contribution in [0.3, 0.4) is 0 Å². The Kier molecular flexibility index (Phi) is 4.40. The molecular weight excluding hydrogens is 294 g/mol. The Bertz CT molecular complexity index is 447. The zero-order valence-corrected chi connectivity index (χ0v) is 12.1. The van der Waals surface area contributed by atoms with Crippen LogP contribution in [0.1, 0.15) is 24.8 Å². The molecule has 1 fully saturated rings. The van der Waals surface area contributed by atoms with Gasteiger partial charge in [0.2, 0.25) is 0 Å². The minimum Gasteiger partial charge on any atom is -0.496 e. The molecule has 0 bridgehead atoms. The summed E-state index contributed by atoms with van der Waals surface area (Å²) < 4.78 is 6.25. The molecule has 0 spiro atoms. The molecule has 1 aromatic rings. The molecule has 0 aliphatic heterocycles. The molecule has 2 rings (SSSR count). The molecule has 0 aromatic heterocycles. The number of carbonyl (C=O) groups excluding carboxylic acids is 1. The van der Waals surface area contributed by atoms with E-state index >= 15 is 0 Å². The lowest BCUT2D eigenvalue weighted by Crippen LogP contribution is -2.31. The highest BCUT2D eigenvalue weighted by atomic mass is 79.9. The summed E-state index contributed by atoms with van der Waals surface area (Å²) >= 11 is 3.42. The molecule has 0 amide bonds. The highest BCUT2D eigenvalue weighted by Gasteiger charge is 2.30. The van der Waals surface area contributed by atoms with E-state index in [9.17, 15) is 4.79 Å². The van der Waals surface area contributed by atoms with Crippen LogP contribution >= 0.6 is 15.9 Å². The summed E-state index contributed by atoms with van der Waals surface area (Å²) in [6.45, 7) is 0. The Balaban J connectivity index is 2.13. The Labute approximate surface area is 116 Å². The van der Waals surface area contributed by atoms with Gasteiger partial charge in [-0.25, -0.2) is 0 Å². The minimum atomic E-state index is 0.0219. The van der Waals surface area contributed by atoms with Crippen molar-refractivity contribution < 1.29 is 9.53 Å². The van der Waals surface area contributed by atoms with Gasteiger partial charge < -0.3 is 10.5 Å². The third-order valence-electron chi connectivity index (χ3n) is 3.59. The molecule has 2 atom stereocenters. The van der Waals surface area contributed by atoms with E-state index in [-0.39, 0.29) is 17.7 Å². The van der Waals surface area contributed by atoms with Gasteiger partial charge in [-0.1, -0.05) is 22.4 Å². The molecule has 0 saturated heterocycles. The van der Waals surface area contributed by atoms with E-state index in [1.54, 1.807) is 7.11 Å². The predicted molar refractivity (Wildman–Crippen MR) is 74.7 cm³/mol. The summed E-state index contributed by atoms with van der Waals surface area (Å²) in [6, 6.07) is 5.77. The average molecular weight is 312 g/mol. The van der Waals surface area contributed by atoms with Gasteiger partial charge in [0.1, 0.15) is 11.5 Å². The van der Waals surface area contributed by atoms with Gasteiger partial charge in [-0.15, -0.1) is 0 Å². The molecule has 1 aromatic carbocycles. The first-order valence-electron chi connectivity index (χ1n) is 6.22. The zero-order chi connectivity index (χ0) is 13.1. The molecule has 2 unspecified atom stereocenters. The second-order valence-corrected chi connectivity index (χ2v) is 5.72.